The monoisotopic (exact) mass is 359 g/mol. The molecule has 1 aliphatic rings. The number of benzene rings is 1. The maximum Gasteiger partial charge on any atom is 0.262 e. The molecular formula is C19H25N3O2S. The summed E-state index contributed by atoms with van der Waals surface area (Å²) in [7, 11) is 0. The lowest BCUT2D eigenvalue weighted by atomic mass is 10.2. The fraction of sp³-hybridized carbons (Fsp3) is 0.526. The van der Waals surface area contributed by atoms with Gasteiger partial charge in [-0.1, -0.05) is 37.7 Å². The van der Waals surface area contributed by atoms with Gasteiger partial charge in [0.05, 0.1) is 16.2 Å². The predicted molar refractivity (Wildman–Crippen MR) is 102 cm³/mol. The average Bonchev–Trinajstić information content (AvgIpc) is 3.12. The molecule has 1 atom stereocenters. The molecule has 5 nitrogen and oxygen atoms in total. The summed E-state index contributed by atoms with van der Waals surface area (Å²) in [5.74, 6) is 0.464. The van der Waals surface area contributed by atoms with E-state index >= 15 is 0 Å². The number of carbonyl (C=O) groups excluding carboxylic acids is 1. The summed E-state index contributed by atoms with van der Waals surface area (Å²) in [5, 5.41) is 1.02. The molecule has 0 bridgehead atoms. The van der Waals surface area contributed by atoms with Crippen LogP contribution in [0.1, 0.15) is 33.6 Å². The van der Waals surface area contributed by atoms with Crippen LogP contribution in [0.4, 0.5) is 0 Å². The Morgan fingerprint density at radius 2 is 1.88 bits per heavy atom. The van der Waals surface area contributed by atoms with Crippen molar-refractivity contribution in [2.24, 2.45) is 5.92 Å². The zero-order valence-electron chi connectivity index (χ0n) is 15.1. The lowest BCUT2D eigenvalue weighted by Crippen LogP contribution is -2.35. The molecule has 0 spiro atoms. The Morgan fingerprint density at radius 1 is 1.20 bits per heavy atom. The number of hydrogen-bond donors (Lipinski definition) is 0. The Labute approximate surface area is 152 Å². The number of carbonyl (C=O) groups is 1. The number of thioether (sulfide) groups is 1. The Hall–Kier alpha value is -1.82. The van der Waals surface area contributed by atoms with E-state index in [1.807, 2.05) is 36.1 Å². The molecule has 6 heteroatoms. The van der Waals surface area contributed by atoms with Crippen LogP contribution in [0.2, 0.25) is 0 Å². The zero-order chi connectivity index (χ0) is 18.0. The number of likely N-dealkylation sites (tertiary alicyclic amines) is 1. The molecule has 1 aliphatic heterocycles. The maximum absolute atomic E-state index is 12.9. The molecular weight excluding hydrogens is 334 g/mol. The van der Waals surface area contributed by atoms with Crippen molar-refractivity contribution < 1.29 is 4.79 Å². The second-order valence-electron chi connectivity index (χ2n) is 7.01. The summed E-state index contributed by atoms with van der Waals surface area (Å²) in [5.41, 5.74) is 0.665. The largest absolute Gasteiger partial charge is 0.342 e. The minimum atomic E-state index is -0.246. The summed E-state index contributed by atoms with van der Waals surface area (Å²) in [6.45, 7) is 8.35. The van der Waals surface area contributed by atoms with Crippen molar-refractivity contribution >= 4 is 28.6 Å². The van der Waals surface area contributed by atoms with E-state index in [0.717, 1.165) is 25.9 Å². The van der Waals surface area contributed by atoms with E-state index in [9.17, 15) is 9.59 Å². The van der Waals surface area contributed by atoms with E-state index in [2.05, 4.69) is 13.8 Å². The van der Waals surface area contributed by atoms with Crippen LogP contribution in [0.5, 0.6) is 0 Å². The third-order valence-electron chi connectivity index (χ3n) is 4.42. The van der Waals surface area contributed by atoms with Crippen LogP contribution in [0, 0.1) is 5.92 Å². The normalized spacial score (nSPS) is 15.9. The fourth-order valence-corrected chi connectivity index (χ4v) is 4.17. The first-order valence-corrected chi connectivity index (χ1v) is 9.80. The van der Waals surface area contributed by atoms with Gasteiger partial charge in [0.2, 0.25) is 5.91 Å². The van der Waals surface area contributed by atoms with E-state index in [-0.39, 0.29) is 16.7 Å². The molecule has 0 saturated carbocycles. The lowest BCUT2D eigenvalue weighted by Gasteiger charge is -2.21. The van der Waals surface area contributed by atoms with Gasteiger partial charge in [0.15, 0.2) is 5.16 Å². The van der Waals surface area contributed by atoms with Gasteiger partial charge in [-0.2, -0.15) is 0 Å². The van der Waals surface area contributed by atoms with Gasteiger partial charge in [-0.15, -0.1) is 0 Å². The molecule has 1 aromatic carbocycles. The van der Waals surface area contributed by atoms with Crippen molar-refractivity contribution in [1.29, 1.82) is 0 Å². The number of para-hydroxylation sites is 1. The van der Waals surface area contributed by atoms with Crippen molar-refractivity contribution in [3.05, 3.63) is 34.6 Å². The standard InChI is InChI=1S/C19H25N3O2S/c1-13(2)12-22-18(24)15-8-4-5-9-16(15)20-19(22)25-14(3)17(23)21-10-6-7-11-21/h4-5,8-9,13-14H,6-7,10-12H2,1-3H3/t14-/m0/s1. The van der Waals surface area contributed by atoms with E-state index in [1.54, 1.807) is 4.57 Å². The number of aromatic nitrogens is 2. The van der Waals surface area contributed by atoms with Crippen LogP contribution in [0.15, 0.2) is 34.2 Å². The molecule has 1 fully saturated rings. The SMILES string of the molecule is CC(C)Cn1c(S[C@@H](C)C(=O)N2CCCC2)nc2ccccc2c1=O. The number of nitrogens with zero attached hydrogens (tertiary/aromatic N) is 3. The molecule has 0 aliphatic carbocycles. The first-order chi connectivity index (χ1) is 12.0. The molecule has 2 aromatic rings. The number of fused-ring (bicyclic) bond motifs is 1. The highest BCUT2D eigenvalue weighted by Gasteiger charge is 2.25. The van der Waals surface area contributed by atoms with Gasteiger partial charge in [-0.05, 0) is 37.8 Å². The molecule has 1 amide bonds. The Kier molecular flexibility index (Phi) is 5.47. The smallest absolute Gasteiger partial charge is 0.262 e. The minimum absolute atomic E-state index is 0.0254. The number of rotatable bonds is 5. The van der Waals surface area contributed by atoms with Crippen molar-refractivity contribution in [2.75, 3.05) is 13.1 Å². The lowest BCUT2D eigenvalue weighted by molar-refractivity contribution is -0.129. The Morgan fingerprint density at radius 3 is 2.56 bits per heavy atom. The fourth-order valence-electron chi connectivity index (χ4n) is 3.17. The van der Waals surface area contributed by atoms with E-state index in [1.165, 1.54) is 11.8 Å². The maximum atomic E-state index is 12.9. The predicted octanol–water partition coefficient (Wildman–Crippen LogP) is 3.16. The summed E-state index contributed by atoms with van der Waals surface area (Å²) in [4.78, 5) is 32.1. The van der Waals surface area contributed by atoms with Crippen LogP contribution in [0.25, 0.3) is 10.9 Å². The Balaban J connectivity index is 1.95. The van der Waals surface area contributed by atoms with Crippen LogP contribution in [-0.2, 0) is 11.3 Å². The molecule has 1 saturated heterocycles. The van der Waals surface area contributed by atoms with Gasteiger partial charge in [0.25, 0.3) is 5.56 Å². The van der Waals surface area contributed by atoms with Crippen molar-refractivity contribution in [1.82, 2.24) is 14.5 Å². The van der Waals surface area contributed by atoms with Crippen molar-refractivity contribution in [3.63, 3.8) is 0 Å². The third kappa shape index (κ3) is 3.89. The molecule has 0 unspecified atom stereocenters. The molecule has 0 N–H and O–H groups in total. The van der Waals surface area contributed by atoms with Gasteiger partial charge in [-0.3, -0.25) is 14.2 Å². The van der Waals surface area contributed by atoms with Gasteiger partial charge in [0.1, 0.15) is 0 Å². The van der Waals surface area contributed by atoms with Crippen LogP contribution in [0.3, 0.4) is 0 Å². The van der Waals surface area contributed by atoms with Gasteiger partial charge in [0, 0.05) is 19.6 Å². The Bertz CT molecular complexity index is 825. The second-order valence-corrected chi connectivity index (χ2v) is 8.32. The van der Waals surface area contributed by atoms with Crippen molar-refractivity contribution in [3.8, 4) is 0 Å². The van der Waals surface area contributed by atoms with Crippen LogP contribution in [-0.4, -0.2) is 38.7 Å². The highest BCUT2D eigenvalue weighted by Crippen LogP contribution is 2.25. The highest BCUT2D eigenvalue weighted by molar-refractivity contribution is 8.00. The summed E-state index contributed by atoms with van der Waals surface area (Å²) >= 11 is 1.40. The molecule has 2 heterocycles. The first kappa shape index (κ1) is 18.0. The molecule has 25 heavy (non-hydrogen) atoms. The molecule has 134 valence electrons. The van der Waals surface area contributed by atoms with Crippen molar-refractivity contribution in [2.45, 2.75) is 50.6 Å². The van der Waals surface area contributed by atoms with Gasteiger partial charge < -0.3 is 4.90 Å². The topological polar surface area (TPSA) is 55.2 Å². The average molecular weight is 359 g/mol. The van der Waals surface area contributed by atoms with Gasteiger partial charge >= 0.3 is 0 Å². The zero-order valence-corrected chi connectivity index (χ0v) is 15.9. The number of hydrogen-bond acceptors (Lipinski definition) is 4. The highest BCUT2D eigenvalue weighted by atomic mass is 32.2. The van der Waals surface area contributed by atoms with Crippen LogP contribution < -0.4 is 5.56 Å². The summed E-state index contributed by atoms with van der Waals surface area (Å²) < 4.78 is 1.73. The van der Waals surface area contributed by atoms with Gasteiger partial charge in [-0.25, -0.2) is 4.98 Å². The molecule has 0 radical (unpaired) electrons. The second kappa shape index (κ2) is 7.60. The minimum Gasteiger partial charge on any atom is -0.342 e. The quantitative estimate of drug-likeness (QED) is 0.608. The summed E-state index contributed by atoms with van der Waals surface area (Å²) in [6.07, 6.45) is 2.16. The first-order valence-electron chi connectivity index (χ1n) is 8.92. The third-order valence-corrected chi connectivity index (χ3v) is 5.50. The molecule has 3 rings (SSSR count). The summed E-state index contributed by atoms with van der Waals surface area (Å²) in [6, 6.07) is 7.41. The van der Waals surface area contributed by atoms with Crippen LogP contribution >= 0.6 is 11.8 Å². The van der Waals surface area contributed by atoms with E-state index < -0.39 is 0 Å². The number of amides is 1. The molecule has 1 aromatic heterocycles. The van der Waals surface area contributed by atoms with E-state index in [4.69, 9.17) is 4.98 Å². The van der Waals surface area contributed by atoms with E-state index in [0.29, 0.717) is 28.5 Å².